The molecule has 25 heavy (non-hydrogen) atoms. The molecule has 0 aromatic rings. The molecule has 0 amide bonds. The van der Waals surface area contributed by atoms with Crippen LogP contribution in [0, 0.1) is 0 Å². The molecule has 2 N–H and O–H groups in total. The second kappa shape index (κ2) is 20.4. The average molecular weight is 358 g/mol. The minimum atomic E-state index is -0.996. The van der Waals surface area contributed by atoms with Crippen molar-refractivity contribution in [3.8, 4) is 0 Å². The molecule has 1 unspecified atom stereocenters. The van der Waals surface area contributed by atoms with Gasteiger partial charge in [-0.1, -0.05) is 65.0 Å². The van der Waals surface area contributed by atoms with Crippen molar-refractivity contribution >= 4 is 11.9 Å². The predicted octanol–water partition coefficient (Wildman–Crippen LogP) is 2.93. The van der Waals surface area contributed by atoms with Crippen LogP contribution in [0.25, 0.3) is 0 Å². The zero-order valence-corrected chi connectivity index (χ0v) is 15.5. The van der Waals surface area contributed by atoms with E-state index < -0.39 is 18.7 Å². The van der Waals surface area contributed by atoms with Crippen LogP contribution in [0.3, 0.4) is 0 Å². The fourth-order valence-electron chi connectivity index (χ4n) is 1.76. The highest BCUT2D eigenvalue weighted by Crippen LogP contribution is 2.08. The summed E-state index contributed by atoms with van der Waals surface area (Å²) in [7, 11) is 0. The van der Waals surface area contributed by atoms with E-state index in [2.05, 4.69) is 24.8 Å². The van der Waals surface area contributed by atoms with Crippen LogP contribution in [0.15, 0.2) is 25.3 Å². The Hall–Kier alpha value is -1.66. The molecule has 0 radical (unpaired) electrons. The van der Waals surface area contributed by atoms with Gasteiger partial charge in [-0.05, 0) is 6.42 Å². The molecule has 0 bridgehead atoms. The highest BCUT2D eigenvalue weighted by molar-refractivity contribution is 5.81. The molecular weight excluding hydrogens is 324 g/mol. The third-order valence-electron chi connectivity index (χ3n) is 3.20. The molecular formula is C19H34O6. The lowest BCUT2D eigenvalue weighted by Gasteiger charge is -2.05. The maximum absolute atomic E-state index is 10.7. The Bertz CT molecular complexity index is 354. The summed E-state index contributed by atoms with van der Waals surface area (Å²) in [5.74, 6) is -0.912. The number of esters is 2. The Labute approximate surface area is 151 Å². The van der Waals surface area contributed by atoms with Gasteiger partial charge in [0.15, 0.2) is 0 Å². The van der Waals surface area contributed by atoms with E-state index in [4.69, 9.17) is 14.9 Å². The predicted molar refractivity (Wildman–Crippen MR) is 98.0 cm³/mol. The van der Waals surface area contributed by atoms with Gasteiger partial charge in [0.05, 0.1) is 13.2 Å². The average Bonchev–Trinajstić information content (AvgIpc) is 2.64. The van der Waals surface area contributed by atoms with Crippen LogP contribution in [0.2, 0.25) is 0 Å². The molecule has 0 aliphatic carbocycles. The van der Waals surface area contributed by atoms with Gasteiger partial charge in [0.25, 0.3) is 0 Å². The zero-order chi connectivity index (χ0) is 19.3. The fourth-order valence-corrected chi connectivity index (χ4v) is 1.76. The van der Waals surface area contributed by atoms with Gasteiger partial charge in [-0.3, -0.25) is 0 Å². The molecule has 0 aromatic heterocycles. The third kappa shape index (κ3) is 22.3. The van der Waals surface area contributed by atoms with E-state index in [-0.39, 0.29) is 12.6 Å². The Morgan fingerprint density at radius 2 is 1.40 bits per heavy atom. The Morgan fingerprint density at radius 3 is 1.88 bits per heavy atom. The summed E-state index contributed by atoms with van der Waals surface area (Å²) in [6.45, 7) is 8.65. The number of rotatable bonds is 14. The normalized spacial score (nSPS) is 10.8. The van der Waals surface area contributed by atoms with Crippen molar-refractivity contribution in [3.05, 3.63) is 25.3 Å². The van der Waals surface area contributed by atoms with E-state index in [0.717, 1.165) is 18.9 Å². The van der Waals surface area contributed by atoms with E-state index in [1.165, 1.54) is 44.6 Å². The van der Waals surface area contributed by atoms with Gasteiger partial charge >= 0.3 is 11.9 Å². The molecule has 0 rings (SSSR count). The van der Waals surface area contributed by atoms with Crippen LogP contribution in [0.4, 0.5) is 0 Å². The van der Waals surface area contributed by atoms with Crippen molar-refractivity contribution in [2.24, 2.45) is 0 Å². The van der Waals surface area contributed by atoms with Crippen LogP contribution >= 0.6 is 0 Å². The number of aliphatic hydroxyl groups is 2. The first kappa shape index (κ1) is 25.6. The standard InChI is InChI=1S/C13H24O2.C6H10O4/c1-3-5-6-7-8-9-10-11-12-15-13(14)4-2;1-2-6(9)10-4-5(8)3-7/h4H,2-3,5-12H2,1H3;2,5,7-8H,1,3-4H2. The van der Waals surface area contributed by atoms with Crippen LogP contribution in [-0.2, 0) is 19.1 Å². The van der Waals surface area contributed by atoms with Gasteiger partial charge < -0.3 is 19.7 Å². The molecule has 0 fully saturated rings. The van der Waals surface area contributed by atoms with Crippen molar-refractivity contribution in [3.63, 3.8) is 0 Å². The number of unbranched alkanes of at least 4 members (excludes halogenated alkanes) is 7. The summed E-state index contributed by atoms with van der Waals surface area (Å²) in [5.41, 5.74) is 0. The van der Waals surface area contributed by atoms with Gasteiger partial charge in [-0.15, -0.1) is 0 Å². The number of hydrogen-bond donors (Lipinski definition) is 2. The highest BCUT2D eigenvalue weighted by Gasteiger charge is 2.03. The first-order valence-corrected chi connectivity index (χ1v) is 8.89. The second-order valence-electron chi connectivity index (χ2n) is 5.52. The molecule has 0 aliphatic heterocycles. The first-order chi connectivity index (χ1) is 12.0. The summed E-state index contributed by atoms with van der Waals surface area (Å²) < 4.78 is 9.26. The second-order valence-corrected chi connectivity index (χ2v) is 5.52. The topological polar surface area (TPSA) is 93.1 Å². The molecule has 0 spiro atoms. The largest absolute Gasteiger partial charge is 0.463 e. The summed E-state index contributed by atoms with van der Waals surface area (Å²) in [5, 5.41) is 16.9. The number of carbonyl (C=O) groups is 2. The van der Waals surface area contributed by atoms with Crippen molar-refractivity contribution in [1.82, 2.24) is 0 Å². The van der Waals surface area contributed by atoms with Gasteiger partial charge in [-0.2, -0.15) is 0 Å². The van der Waals surface area contributed by atoms with E-state index in [1.54, 1.807) is 0 Å². The summed E-state index contributed by atoms with van der Waals surface area (Å²) in [6.07, 6.45) is 11.3. The van der Waals surface area contributed by atoms with Gasteiger partial charge in [0, 0.05) is 12.2 Å². The van der Waals surface area contributed by atoms with Crippen molar-refractivity contribution < 1.29 is 29.3 Å². The smallest absolute Gasteiger partial charge is 0.330 e. The number of hydrogen-bond acceptors (Lipinski definition) is 6. The monoisotopic (exact) mass is 358 g/mol. The van der Waals surface area contributed by atoms with Gasteiger partial charge in [0.1, 0.15) is 12.7 Å². The SMILES string of the molecule is C=CC(=O)OCC(O)CO.C=CC(=O)OCCCCCCCCCC. The van der Waals surface area contributed by atoms with Gasteiger partial charge in [0.2, 0.25) is 0 Å². The Balaban J connectivity index is 0. The lowest BCUT2D eigenvalue weighted by Crippen LogP contribution is -2.21. The summed E-state index contributed by atoms with van der Waals surface area (Å²) in [4.78, 5) is 21.0. The zero-order valence-electron chi connectivity index (χ0n) is 15.5. The van der Waals surface area contributed by atoms with Crippen molar-refractivity contribution in [1.29, 1.82) is 0 Å². The van der Waals surface area contributed by atoms with E-state index in [0.29, 0.717) is 6.61 Å². The molecule has 0 saturated carbocycles. The summed E-state index contributed by atoms with van der Waals surface area (Å²) in [6, 6.07) is 0. The Morgan fingerprint density at radius 1 is 0.920 bits per heavy atom. The van der Waals surface area contributed by atoms with Crippen LogP contribution < -0.4 is 0 Å². The van der Waals surface area contributed by atoms with E-state index >= 15 is 0 Å². The maximum atomic E-state index is 10.7. The maximum Gasteiger partial charge on any atom is 0.330 e. The molecule has 0 saturated heterocycles. The Kier molecular flexibility index (Phi) is 20.9. The van der Waals surface area contributed by atoms with E-state index in [9.17, 15) is 9.59 Å². The van der Waals surface area contributed by atoms with Crippen molar-refractivity contribution in [2.45, 2.75) is 64.4 Å². The quantitative estimate of drug-likeness (QED) is 0.282. The van der Waals surface area contributed by atoms with E-state index in [1.807, 2.05) is 0 Å². The minimum absolute atomic E-state index is 0.193. The molecule has 146 valence electrons. The third-order valence-corrected chi connectivity index (χ3v) is 3.20. The molecule has 0 aromatic carbocycles. The molecule has 0 heterocycles. The van der Waals surface area contributed by atoms with Crippen LogP contribution in [0.5, 0.6) is 0 Å². The number of carbonyl (C=O) groups excluding carboxylic acids is 2. The minimum Gasteiger partial charge on any atom is -0.463 e. The fraction of sp³-hybridized carbons (Fsp3) is 0.684. The van der Waals surface area contributed by atoms with Crippen LogP contribution in [0.1, 0.15) is 58.3 Å². The van der Waals surface area contributed by atoms with Crippen molar-refractivity contribution in [2.75, 3.05) is 19.8 Å². The summed E-state index contributed by atoms with van der Waals surface area (Å²) >= 11 is 0. The first-order valence-electron chi connectivity index (χ1n) is 8.89. The number of aliphatic hydroxyl groups excluding tert-OH is 2. The highest BCUT2D eigenvalue weighted by atomic mass is 16.5. The molecule has 6 nitrogen and oxygen atoms in total. The molecule has 1 atom stereocenters. The lowest BCUT2D eigenvalue weighted by atomic mass is 10.1. The van der Waals surface area contributed by atoms with Gasteiger partial charge in [-0.25, -0.2) is 9.59 Å². The molecule has 6 heteroatoms. The van der Waals surface area contributed by atoms with Crippen LogP contribution in [-0.4, -0.2) is 48.1 Å². The lowest BCUT2D eigenvalue weighted by molar-refractivity contribution is -0.141. The number of ether oxygens (including phenoxy) is 2. The molecule has 0 aliphatic rings.